The third kappa shape index (κ3) is 8.06. The number of carbonyl (C=O) groups excluding carboxylic acids is 1. The Hall–Kier alpha value is -1.10. The molecular weight excluding hydrogens is 232 g/mol. The molecule has 2 atom stereocenters. The van der Waals surface area contributed by atoms with Gasteiger partial charge in [0, 0.05) is 18.9 Å². The lowest BCUT2D eigenvalue weighted by Gasteiger charge is -2.15. The van der Waals surface area contributed by atoms with Crippen molar-refractivity contribution in [3.05, 3.63) is 0 Å². The Morgan fingerprint density at radius 2 is 1.94 bits per heavy atom. The van der Waals surface area contributed by atoms with Gasteiger partial charge in [-0.1, -0.05) is 20.3 Å². The number of amides is 1. The molecule has 0 fully saturated rings. The molecule has 0 aliphatic heterocycles. The van der Waals surface area contributed by atoms with Gasteiger partial charge in [-0.3, -0.25) is 9.59 Å². The molecule has 0 saturated heterocycles. The van der Waals surface area contributed by atoms with E-state index in [2.05, 4.69) is 5.32 Å². The van der Waals surface area contributed by atoms with Crippen LogP contribution < -0.4 is 11.1 Å². The fraction of sp³-hybridized carbons (Fsp3) is 0.846. The summed E-state index contributed by atoms with van der Waals surface area (Å²) in [6.45, 7) is 5.05. The molecule has 0 bridgehead atoms. The number of rotatable bonds is 10. The third-order valence-corrected chi connectivity index (χ3v) is 3.24. The molecule has 0 aromatic rings. The van der Waals surface area contributed by atoms with Crippen molar-refractivity contribution in [2.24, 2.45) is 17.6 Å². The summed E-state index contributed by atoms with van der Waals surface area (Å²) >= 11 is 0. The van der Waals surface area contributed by atoms with Crippen LogP contribution in [0.1, 0.15) is 46.0 Å². The predicted molar refractivity (Wildman–Crippen MR) is 71.1 cm³/mol. The molecule has 0 radical (unpaired) electrons. The Kier molecular flexibility index (Phi) is 9.28. The van der Waals surface area contributed by atoms with E-state index in [1.807, 2.05) is 13.8 Å². The van der Waals surface area contributed by atoms with Gasteiger partial charge in [0.25, 0.3) is 0 Å². The maximum absolute atomic E-state index is 11.6. The first-order valence-electron chi connectivity index (χ1n) is 6.70. The fourth-order valence-electron chi connectivity index (χ4n) is 1.84. The highest BCUT2D eigenvalue weighted by molar-refractivity contribution is 5.78. The molecule has 0 aliphatic carbocycles. The second-order valence-electron chi connectivity index (χ2n) is 4.76. The van der Waals surface area contributed by atoms with Crippen molar-refractivity contribution in [3.8, 4) is 0 Å². The summed E-state index contributed by atoms with van der Waals surface area (Å²) < 4.78 is 0. The van der Waals surface area contributed by atoms with Crippen molar-refractivity contribution in [1.82, 2.24) is 5.32 Å². The van der Waals surface area contributed by atoms with E-state index in [-0.39, 0.29) is 18.2 Å². The van der Waals surface area contributed by atoms with Gasteiger partial charge >= 0.3 is 5.97 Å². The maximum Gasteiger partial charge on any atom is 0.303 e. The van der Waals surface area contributed by atoms with E-state index in [4.69, 9.17) is 10.8 Å². The molecule has 0 aliphatic rings. The lowest BCUT2D eigenvalue weighted by molar-refractivity contribution is -0.137. The van der Waals surface area contributed by atoms with E-state index in [0.717, 1.165) is 12.8 Å². The Labute approximate surface area is 109 Å². The normalized spacial score (nSPS) is 13.9. The van der Waals surface area contributed by atoms with Gasteiger partial charge in [0.05, 0.1) is 0 Å². The summed E-state index contributed by atoms with van der Waals surface area (Å²) in [6.07, 6.45) is 3.37. The number of nitrogens with one attached hydrogen (secondary N) is 1. The molecule has 0 aromatic heterocycles. The molecular formula is C13H26N2O3. The first-order valence-corrected chi connectivity index (χ1v) is 6.70. The van der Waals surface area contributed by atoms with Crippen LogP contribution in [-0.2, 0) is 9.59 Å². The molecule has 18 heavy (non-hydrogen) atoms. The lowest BCUT2D eigenvalue weighted by Crippen LogP contribution is -2.32. The van der Waals surface area contributed by atoms with Crippen LogP contribution in [0.2, 0.25) is 0 Å². The zero-order chi connectivity index (χ0) is 14.0. The third-order valence-electron chi connectivity index (χ3n) is 3.24. The summed E-state index contributed by atoms with van der Waals surface area (Å²) in [7, 11) is 0. The van der Waals surface area contributed by atoms with E-state index < -0.39 is 5.97 Å². The van der Waals surface area contributed by atoms with E-state index in [1.165, 1.54) is 0 Å². The topological polar surface area (TPSA) is 92.4 Å². The summed E-state index contributed by atoms with van der Waals surface area (Å²) in [4.78, 5) is 22.1. The van der Waals surface area contributed by atoms with E-state index in [1.54, 1.807) is 0 Å². The van der Waals surface area contributed by atoms with Crippen molar-refractivity contribution in [2.45, 2.75) is 46.0 Å². The highest BCUT2D eigenvalue weighted by atomic mass is 16.4. The van der Waals surface area contributed by atoms with Crippen LogP contribution in [0.25, 0.3) is 0 Å². The van der Waals surface area contributed by atoms with Gasteiger partial charge in [-0.2, -0.15) is 0 Å². The van der Waals surface area contributed by atoms with Crippen LogP contribution in [0, 0.1) is 11.8 Å². The highest BCUT2D eigenvalue weighted by Crippen LogP contribution is 2.14. The van der Waals surface area contributed by atoms with Crippen LogP contribution in [0.5, 0.6) is 0 Å². The first kappa shape index (κ1) is 16.9. The molecule has 0 aromatic carbocycles. The molecule has 0 rings (SSSR count). The molecule has 5 nitrogen and oxygen atoms in total. The van der Waals surface area contributed by atoms with E-state index >= 15 is 0 Å². The largest absolute Gasteiger partial charge is 0.481 e. The van der Waals surface area contributed by atoms with Gasteiger partial charge in [0.1, 0.15) is 0 Å². The van der Waals surface area contributed by atoms with Crippen LogP contribution in [0.3, 0.4) is 0 Å². The van der Waals surface area contributed by atoms with Gasteiger partial charge in [0.15, 0.2) is 0 Å². The second kappa shape index (κ2) is 9.88. The number of carboxylic acid groups (broad SMARTS) is 1. The number of carbonyl (C=O) groups is 2. The maximum atomic E-state index is 11.6. The standard InChI is InChI=1S/C13H26N2O3/c1-3-11(4-5-12(16)17)7-9-15-13(18)10(2)6-8-14/h10-11H,3-9,14H2,1-2H3,(H,15,18)(H,16,17). The number of hydrogen-bond acceptors (Lipinski definition) is 3. The summed E-state index contributed by atoms with van der Waals surface area (Å²) in [5.41, 5.74) is 5.40. The van der Waals surface area contributed by atoms with Crippen molar-refractivity contribution >= 4 is 11.9 Å². The monoisotopic (exact) mass is 258 g/mol. The summed E-state index contributed by atoms with van der Waals surface area (Å²) in [5.74, 6) is -0.400. The highest BCUT2D eigenvalue weighted by Gasteiger charge is 2.13. The molecule has 0 heterocycles. The smallest absolute Gasteiger partial charge is 0.303 e. The quantitative estimate of drug-likeness (QED) is 0.552. The SMILES string of the molecule is CCC(CCNC(=O)C(C)CCN)CCC(=O)O. The molecule has 0 saturated carbocycles. The van der Waals surface area contributed by atoms with Crippen LogP contribution in [-0.4, -0.2) is 30.1 Å². The number of aliphatic carboxylic acids is 1. The van der Waals surface area contributed by atoms with Crippen LogP contribution in [0.4, 0.5) is 0 Å². The minimum Gasteiger partial charge on any atom is -0.481 e. The molecule has 0 spiro atoms. The Morgan fingerprint density at radius 1 is 1.28 bits per heavy atom. The minimum absolute atomic E-state index is 0.0357. The Balaban J connectivity index is 3.79. The summed E-state index contributed by atoms with van der Waals surface area (Å²) in [6, 6.07) is 0. The van der Waals surface area contributed by atoms with Gasteiger partial charge in [-0.05, 0) is 31.7 Å². The number of hydrogen-bond donors (Lipinski definition) is 3. The predicted octanol–water partition coefficient (Wildman–Crippen LogP) is 1.37. The van der Waals surface area contributed by atoms with Crippen molar-refractivity contribution in [1.29, 1.82) is 0 Å². The molecule has 2 unspecified atom stereocenters. The fourth-order valence-corrected chi connectivity index (χ4v) is 1.84. The van der Waals surface area contributed by atoms with E-state index in [9.17, 15) is 9.59 Å². The molecule has 1 amide bonds. The first-order chi connectivity index (χ1) is 8.51. The van der Waals surface area contributed by atoms with Crippen LogP contribution in [0.15, 0.2) is 0 Å². The van der Waals surface area contributed by atoms with Crippen molar-refractivity contribution < 1.29 is 14.7 Å². The van der Waals surface area contributed by atoms with E-state index in [0.29, 0.717) is 31.8 Å². The molecule has 5 heteroatoms. The molecule has 106 valence electrons. The minimum atomic E-state index is -0.756. The van der Waals surface area contributed by atoms with Crippen LogP contribution >= 0.6 is 0 Å². The van der Waals surface area contributed by atoms with Gasteiger partial charge in [-0.15, -0.1) is 0 Å². The molecule has 4 N–H and O–H groups in total. The lowest BCUT2D eigenvalue weighted by atomic mass is 9.96. The average molecular weight is 258 g/mol. The van der Waals surface area contributed by atoms with Gasteiger partial charge < -0.3 is 16.2 Å². The zero-order valence-corrected chi connectivity index (χ0v) is 11.4. The number of nitrogens with two attached hydrogens (primary N) is 1. The Bertz CT molecular complexity index is 257. The average Bonchev–Trinajstić information content (AvgIpc) is 2.33. The number of carboxylic acids is 1. The second-order valence-corrected chi connectivity index (χ2v) is 4.76. The van der Waals surface area contributed by atoms with Crippen molar-refractivity contribution in [2.75, 3.05) is 13.1 Å². The van der Waals surface area contributed by atoms with Gasteiger partial charge in [-0.25, -0.2) is 0 Å². The van der Waals surface area contributed by atoms with Crippen molar-refractivity contribution in [3.63, 3.8) is 0 Å². The summed E-state index contributed by atoms with van der Waals surface area (Å²) in [5, 5.41) is 11.5. The van der Waals surface area contributed by atoms with Gasteiger partial charge in [0.2, 0.25) is 5.91 Å². The Morgan fingerprint density at radius 3 is 2.44 bits per heavy atom. The zero-order valence-electron chi connectivity index (χ0n) is 11.4.